The number of benzene rings is 1. The van der Waals surface area contributed by atoms with E-state index >= 15 is 0 Å². The molecule has 0 spiro atoms. The van der Waals surface area contributed by atoms with Gasteiger partial charge in [-0.15, -0.1) is 0 Å². The van der Waals surface area contributed by atoms with Crippen molar-refractivity contribution in [2.45, 2.75) is 6.92 Å². The van der Waals surface area contributed by atoms with E-state index in [2.05, 4.69) is 36.5 Å². The number of aromatic nitrogens is 2. The molecule has 2 aromatic rings. The maximum Gasteiger partial charge on any atom is 0.224 e. The first kappa shape index (κ1) is 13.1. The van der Waals surface area contributed by atoms with Crippen molar-refractivity contribution in [1.29, 1.82) is 0 Å². The van der Waals surface area contributed by atoms with Crippen molar-refractivity contribution in [1.82, 2.24) is 9.97 Å². The van der Waals surface area contributed by atoms with Gasteiger partial charge in [-0.3, -0.25) is 0 Å². The zero-order valence-electron chi connectivity index (χ0n) is 9.96. The Labute approximate surface area is 119 Å². The van der Waals surface area contributed by atoms with E-state index in [1.54, 1.807) is 13.2 Å². The SMILES string of the molecule is CNc1ncc(Cl)c(Nc2cc(C)cc(Br)c2)n1. The molecule has 1 aromatic heterocycles. The van der Waals surface area contributed by atoms with Crippen LogP contribution in [0.1, 0.15) is 5.56 Å². The van der Waals surface area contributed by atoms with Gasteiger partial charge in [0.2, 0.25) is 5.95 Å². The van der Waals surface area contributed by atoms with E-state index in [1.165, 1.54) is 0 Å². The summed E-state index contributed by atoms with van der Waals surface area (Å²) in [6.45, 7) is 2.02. The lowest BCUT2D eigenvalue weighted by Gasteiger charge is -2.09. The van der Waals surface area contributed by atoms with Gasteiger partial charge in [-0.2, -0.15) is 4.98 Å². The third-order valence-corrected chi connectivity index (χ3v) is 3.01. The van der Waals surface area contributed by atoms with E-state index in [9.17, 15) is 0 Å². The highest BCUT2D eigenvalue weighted by atomic mass is 79.9. The van der Waals surface area contributed by atoms with Crippen LogP contribution in [0, 0.1) is 6.92 Å². The normalized spacial score (nSPS) is 10.2. The molecule has 94 valence electrons. The van der Waals surface area contributed by atoms with Crippen LogP contribution in [0.5, 0.6) is 0 Å². The summed E-state index contributed by atoms with van der Waals surface area (Å²) in [7, 11) is 1.76. The van der Waals surface area contributed by atoms with Gasteiger partial charge in [0.1, 0.15) is 5.02 Å². The van der Waals surface area contributed by atoms with Gasteiger partial charge in [0, 0.05) is 17.2 Å². The number of rotatable bonds is 3. The summed E-state index contributed by atoms with van der Waals surface area (Å²) in [6.07, 6.45) is 1.56. The largest absolute Gasteiger partial charge is 0.357 e. The molecule has 0 saturated carbocycles. The van der Waals surface area contributed by atoms with Crippen LogP contribution in [0.4, 0.5) is 17.5 Å². The molecule has 0 fully saturated rings. The second kappa shape index (κ2) is 5.54. The molecule has 0 radical (unpaired) electrons. The Kier molecular flexibility index (Phi) is 4.04. The summed E-state index contributed by atoms with van der Waals surface area (Å²) >= 11 is 9.51. The molecule has 18 heavy (non-hydrogen) atoms. The number of nitrogens with zero attached hydrogens (tertiary/aromatic N) is 2. The fourth-order valence-corrected chi connectivity index (χ4v) is 2.27. The first-order valence-electron chi connectivity index (χ1n) is 5.33. The minimum atomic E-state index is 0.478. The summed E-state index contributed by atoms with van der Waals surface area (Å²) in [4.78, 5) is 8.30. The monoisotopic (exact) mass is 326 g/mol. The molecule has 0 saturated heterocycles. The maximum atomic E-state index is 6.06. The average Bonchev–Trinajstić information content (AvgIpc) is 2.30. The van der Waals surface area contributed by atoms with Crippen LogP contribution in [-0.4, -0.2) is 17.0 Å². The molecule has 0 unspecified atom stereocenters. The number of hydrogen-bond donors (Lipinski definition) is 2. The van der Waals surface area contributed by atoms with Crippen LogP contribution in [0.3, 0.4) is 0 Å². The minimum absolute atomic E-state index is 0.478. The summed E-state index contributed by atoms with van der Waals surface area (Å²) in [5, 5.41) is 6.53. The molecule has 0 aliphatic rings. The molecule has 0 bridgehead atoms. The fourth-order valence-electron chi connectivity index (χ4n) is 1.52. The lowest BCUT2D eigenvalue weighted by molar-refractivity contribution is 1.15. The Balaban J connectivity index is 2.33. The Morgan fingerprint density at radius 3 is 2.72 bits per heavy atom. The van der Waals surface area contributed by atoms with Crippen molar-refractivity contribution in [2.75, 3.05) is 17.7 Å². The first-order valence-corrected chi connectivity index (χ1v) is 6.50. The third-order valence-electron chi connectivity index (χ3n) is 2.27. The van der Waals surface area contributed by atoms with Crippen molar-refractivity contribution < 1.29 is 0 Å². The minimum Gasteiger partial charge on any atom is -0.357 e. The summed E-state index contributed by atoms with van der Waals surface area (Å²) in [5.74, 6) is 1.10. The Morgan fingerprint density at radius 2 is 2.06 bits per heavy atom. The van der Waals surface area contributed by atoms with Crippen molar-refractivity contribution in [3.8, 4) is 0 Å². The summed E-state index contributed by atoms with van der Waals surface area (Å²) in [6, 6.07) is 6.01. The molecular weight excluding hydrogens is 316 g/mol. The van der Waals surface area contributed by atoms with Crippen LogP contribution in [0.25, 0.3) is 0 Å². The molecular formula is C12H12BrClN4. The fraction of sp³-hybridized carbons (Fsp3) is 0.167. The highest BCUT2D eigenvalue weighted by Crippen LogP contribution is 2.26. The van der Waals surface area contributed by atoms with E-state index in [4.69, 9.17) is 11.6 Å². The first-order chi connectivity index (χ1) is 8.58. The van der Waals surface area contributed by atoms with Crippen LogP contribution < -0.4 is 10.6 Å². The zero-order valence-corrected chi connectivity index (χ0v) is 12.3. The van der Waals surface area contributed by atoms with Crippen LogP contribution in [0.15, 0.2) is 28.9 Å². The van der Waals surface area contributed by atoms with E-state index in [-0.39, 0.29) is 0 Å². The zero-order chi connectivity index (χ0) is 13.1. The second-order valence-corrected chi connectivity index (χ2v) is 5.11. The van der Waals surface area contributed by atoms with Gasteiger partial charge >= 0.3 is 0 Å². The van der Waals surface area contributed by atoms with Gasteiger partial charge in [-0.25, -0.2) is 4.98 Å². The molecule has 2 rings (SSSR count). The lowest BCUT2D eigenvalue weighted by Crippen LogP contribution is -2.01. The molecule has 1 aromatic carbocycles. The highest BCUT2D eigenvalue weighted by molar-refractivity contribution is 9.10. The number of aryl methyl sites for hydroxylation is 1. The lowest BCUT2D eigenvalue weighted by atomic mass is 10.2. The van der Waals surface area contributed by atoms with Gasteiger partial charge in [-0.05, 0) is 30.7 Å². The van der Waals surface area contributed by atoms with Gasteiger partial charge in [0.05, 0.1) is 6.20 Å². The highest BCUT2D eigenvalue weighted by Gasteiger charge is 2.05. The smallest absolute Gasteiger partial charge is 0.224 e. The van der Waals surface area contributed by atoms with E-state index in [0.717, 1.165) is 15.7 Å². The standard InChI is InChI=1S/C12H12BrClN4/c1-7-3-8(13)5-9(4-7)17-11-10(14)6-16-12(15-2)18-11/h3-6H,1-2H3,(H2,15,16,17,18). The molecule has 0 aliphatic heterocycles. The van der Waals surface area contributed by atoms with Crippen LogP contribution in [0.2, 0.25) is 5.02 Å². The molecule has 2 N–H and O–H groups in total. The Bertz CT molecular complexity index is 554. The van der Waals surface area contributed by atoms with Crippen molar-refractivity contribution in [3.63, 3.8) is 0 Å². The Morgan fingerprint density at radius 1 is 1.28 bits per heavy atom. The molecule has 0 aliphatic carbocycles. The number of anilines is 3. The quantitative estimate of drug-likeness (QED) is 0.895. The van der Waals surface area contributed by atoms with Gasteiger partial charge in [0.15, 0.2) is 5.82 Å². The second-order valence-electron chi connectivity index (χ2n) is 3.78. The van der Waals surface area contributed by atoms with E-state index < -0.39 is 0 Å². The number of hydrogen-bond acceptors (Lipinski definition) is 4. The third kappa shape index (κ3) is 3.11. The van der Waals surface area contributed by atoms with Gasteiger partial charge in [-0.1, -0.05) is 27.5 Å². The van der Waals surface area contributed by atoms with Crippen molar-refractivity contribution >= 4 is 45.0 Å². The molecule has 4 nitrogen and oxygen atoms in total. The number of nitrogens with one attached hydrogen (secondary N) is 2. The van der Waals surface area contributed by atoms with Crippen molar-refractivity contribution in [3.05, 3.63) is 39.5 Å². The van der Waals surface area contributed by atoms with Crippen LogP contribution in [-0.2, 0) is 0 Å². The van der Waals surface area contributed by atoms with Gasteiger partial charge in [0.25, 0.3) is 0 Å². The molecule has 0 amide bonds. The van der Waals surface area contributed by atoms with Crippen LogP contribution >= 0.6 is 27.5 Å². The maximum absolute atomic E-state index is 6.06. The number of halogens is 2. The van der Waals surface area contributed by atoms with E-state index in [1.807, 2.05) is 25.1 Å². The van der Waals surface area contributed by atoms with Crippen molar-refractivity contribution in [2.24, 2.45) is 0 Å². The molecule has 0 atom stereocenters. The Hall–Kier alpha value is -1.33. The van der Waals surface area contributed by atoms with E-state index in [0.29, 0.717) is 16.8 Å². The van der Waals surface area contributed by atoms with Gasteiger partial charge < -0.3 is 10.6 Å². The predicted octanol–water partition coefficient (Wildman–Crippen LogP) is 3.99. The molecule has 1 heterocycles. The average molecular weight is 328 g/mol. The summed E-state index contributed by atoms with van der Waals surface area (Å²) in [5.41, 5.74) is 2.07. The molecule has 6 heteroatoms. The summed E-state index contributed by atoms with van der Waals surface area (Å²) < 4.78 is 1.00. The predicted molar refractivity (Wildman–Crippen MR) is 78.8 cm³/mol. The topological polar surface area (TPSA) is 49.8 Å².